The van der Waals surface area contributed by atoms with Gasteiger partial charge in [-0.15, -0.1) is 0 Å². The Labute approximate surface area is 205 Å². The van der Waals surface area contributed by atoms with Crippen molar-refractivity contribution in [2.24, 2.45) is 28.6 Å². The smallest absolute Gasteiger partial charge is 0.338 e. The summed E-state index contributed by atoms with van der Waals surface area (Å²) < 4.78 is 12.4. The summed E-state index contributed by atoms with van der Waals surface area (Å²) in [7, 11) is 0. The third-order valence-corrected chi connectivity index (χ3v) is 7.94. The fourth-order valence-electron chi connectivity index (χ4n) is 5.76. The molecule has 0 aromatic heterocycles. The Morgan fingerprint density at radius 2 is 1.29 bits per heavy atom. The highest BCUT2D eigenvalue weighted by atomic mass is 16.6. The molecule has 0 heterocycles. The second kappa shape index (κ2) is 10.3. The summed E-state index contributed by atoms with van der Waals surface area (Å²) in [6.07, 6.45) is 0.576. The predicted molar refractivity (Wildman–Crippen MR) is 136 cm³/mol. The number of carbonyl (C=O) groups excluding carboxylic acids is 2. The van der Waals surface area contributed by atoms with E-state index in [-0.39, 0.29) is 17.4 Å². The van der Waals surface area contributed by atoms with Crippen molar-refractivity contribution in [2.75, 3.05) is 0 Å². The number of rotatable bonds is 7. The lowest BCUT2D eigenvalue weighted by Gasteiger charge is -2.58. The van der Waals surface area contributed by atoms with Crippen molar-refractivity contribution >= 4 is 11.9 Å². The van der Waals surface area contributed by atoms with Crippen LogP contribution in [0.15, 0.2) is 60.7 Å². The number of ether oxygens (including phenoxy) is 2. The first kappa shape index (κ1) is 26.0. The van der Waals surface area contributed by atoms with Crippen molar-refractivity contribution in [1.29, 1.82) is 0 Å². The standard InChI is InChI=1S/C30H40O4/c1-20(2)18-25-29(5,6)26(34-28(32)23-16-12-9-13-17-23)24(19-30(25,7)21(3)4)33-27(31)22-14-10-8-11-15-22/h8-17,20-21,24-26H,18-19H2,1-7H3/t24-,25+,26+,30-/m1/s1. The molecule has 0 saturated heterocycles. The van der Waals surface area contributed by atoms with E-state index >= 15 is 0 Å². The van der Waals surface area contributed by atoms with Gasteiger partial charge in [-0.2, -0.15) is 0 Å². The van der Waals surface area contributed by atoms with E-state index in [0.717, 1.165) is 6.42 Å². The molecule has 0 bridgehead atoms. The number of esters is 2. The van der Waals surface area contributed by atoms with Crippen LogP contribution in [0.4, 0.5) is 0 Å². The zero-order valence-corrected chi connectivity index (χ0v) is 21.7. The number of benzene rings is 2. The van der Waals surface area contributed by atoms with Crippen molar-refractivity contribution in [2.45, 2.75) is 73.5 Å². The van der Waals surface area contributed by atoms with Crippen LogP contribution in [0.5, 0.6) is 0 Å². The minimum absolute atomic E-state index is 0.0783. The number of carbonyl (C=O) groups is 2. The van der Waals surface area contributed by atoms with Gasteiger partial charge in [-0.3, -0.25) is 0 Å². The second-order valence-corrected chi connectivity index (χ2v) is 11.4. The van der Waals surface area contributed by atoms with Crippen LogP contribution in [0, 0.1) is 28.6 Å². The molecular formula is C30H40O4. The van der Waals surface area contributed by atoms with Crippen LogP contribution in [-0.2, 0) is 9.47 Å². The summed E-state index contributed by atoms with van der Waals surface area (Å²) in [4.78, 5) is 26.3. The normalized spacial score (nSPS) is 26.3. The van der Waals surface area contributed by atoms with Crippen LogP contribution >= 0.6 is 0 Å². The van der Waals surface area contributed by atoms with Gasteiger partial charge in [0.15, 0.2) is 0 Å². The van der Waals surface area contributed by atoms with Gasteiger partial charge in [0.05, 0.1) is 11.1 Å². The average molecular weight is 465 g/mol. The summed E-state index contributed by atoms with van der Waals surface area (Å²) in [5.74, 6) is 0.405. The van der Waals surface area contributed by atoms with Crippen LogP contribution in [-0.4, -0.2) is 24.1 Å². The second-order valence-electron chi connectivity index (χ2n) is 11.4. The van der Waals surface area contributed by atoms with E-state index in [4.69, 9.17) is 9.47 Å². The van der Waals surface area contributed by atoms with Gasteiger partial charge in [-0.1, -0.05) is 84.9 Å². The molecule has 0 radical (unpaired) electrons. The van der Waals surface area contributed by atoms with E-state index in [2.05, 4.69) is 48.5 Å². The minimum Gasteiger partial charge on any atom is -0.455 e. The first-order valence-electron chi connectivity index (χ1n) is 12.5. The number of hydrogen-bond donors (Lipinski definition) is 0. The van der Waals surface area contributed by atoms with Gasteiger partial charge in [-0.25, -0.2) is 9.59 Å². The highest BCUT2D eigenvalue weighted by Crippen LogP contribution is 2.58. The molecule has 34 heavy (non-hydrogen) atoms. The van der Waals surface area contributed by atoms with Gasteiger partial charge in [-0.05, 0) is 60.3 Å². The Bertz CT molecular complexity index is 964. The highest BCUT2D eigenvalue weighted by Gasteiger charge is 2.58. The average Bonchev–Trinajstić information content (AvgIpc) is 2.80. The Morgan fingerprint density at radius 1 is 0.824 bits per heavy atom. The van der Waals surface area contributed by atoms with Gasteiger partial charge in [0, 0.05) is 5.41 Å². The van der Waals surface area contributed by atoms with Crippen molar-refractivity contribution in [3.05, 3.63) is 71.8 Å². The van der Waals surface area contributed by atoms with Crippen LogP contribution < -0.4 is 0 Å². The van der Waals surface area contributed by atoms with E-state index in [1.54, 1.807) is 24.3 Å². The third-order valence-electron chi connectivity index (χ3n) is 7.94. The molecule has 2 aromatic carbocycles. The predicted octanol–water partition coefficient (Wildman–Crippen LogP) is 7.19. The third kappa shape index (κ3) is 5.37. The lowest BCUT2D eigenvalue weighted by Crippen LogP contribution is -2.60. The Morgan fingerprint density at radius 3 is 1.74 bits per heavy atom. The lowest BCUT2D eigenvalue weighted by atomic mass is 9.49. The summed E-state index contributed by atoms with van der Waals surface area (Å²) in [6.45, 7) is 15.6. The molecule has 3 rings (SSSR count). The summed E-state index contributed by atoms with van der Waals surface area (Å²) in [5.41, 5.74) is 0.534. The van der Waals surface area contributed by atoms with E-state index in [1.165, 1.54) is 0 Å². The van der Waals surface area contributed by atoms with E-state index in [0.29, 0.717) is 35.3 Å². The van der Waals surface area contributed by atoms with E-state index < -0.39 is 17.6 Å². The molecule has 0 spiro atoms. The van der Waals surface area contributed by atoms with Crippen LogP contribution in [0.25, 0.3) is 0 Å². The highest BCUT2D eigenvalue weighted by molar-refractivity contribution is 5.90. The minimum atomic E-state index is -0.552. The molecule has 1 fully saturated rings. The molecular weight excluding hydrogens is 424 g/mol. The maximum Gasteiger partial charge on any atom is 0.338 e. The molecule has 1 saturated carbocycles. The van der Waals surface area contributed by atoms with Gasteiger partial charge < -0.3 is 9.47 Å². The molecule has 0 N–H and O–H groups in total. The van der Waals surface area contributed by atoms with Crippen LogP contribution in [0.2, 0.25) is 0 Å². The van der Waals surface area contributed by atoms with Gasteiger partial charge >= 0.3 is 11.9 Å². The quantitative estimate of drug-likeness (QED) is 0.407. The van der Waals surface area contributed by atoms with Crippen LogP contribution in [0.1, 0.15) is 82.0 Å². The van der Waals surface area contributed by atoms with Crippen molar-refractivity contribution in [3.63, 3.8) is 0 Å². The Balaban J connectivity index is 2.01. The molecule has 1 aliphatic carbocycles. The molecule has 0 unspecified atom stereocenters. The van der Waals surface area contributed by atoms with Gasteiger partial charge in [0.1, 0.15) is 12.2 Å². The van der Waals surface area contributed by atoms with Crippen molar-refractivity contribution in [1.82, 2.24) is 0 Å². The number of hydrogen-bond acceptors (Lipinski definition) is 4. The SMILES string of the molecule is CC(C)C[C@H]1C(C)(C)[C@@H](OC(=O)c2ccccc2)[C@H](OC(=O)c2ccccc2)C[C@]1(C)C(C)C. The Kier molecular flexibility index (Phi) is 7.90. The first-order valence-corrected chi connectivity index (χ1v) is 12.5. The van der Waals surface area contributed by atoms with Crippen LogP contribution in [0.3, 0.4) is 0 Å². The monoisotopic (exact) mass is 464 g/mol. The zero-order chi connectivity index (χ0) is 25.1. The lowest BCUT2D eigenvalue weighted by molar-refractivity contribution is -0.179. The first-order chi connectivity index (χ1) is 16.0. The maximum atomic E-state index is 13.2. The molecule has 4 heteroatoms. The summed E-state index contributed by atoms with van der Waals surface area (Å²) >= 11 is 0. The molecule has 4 nitrogen and oxygen atoms in total. The molecule has 1 aliphatic rings. The van der Waals surface area contributed by atoms with Gasteiger partial charge in [0.25, 0.3) is 0 Å². The molecule has 184 valence electrons. The summed E-state index contributed by atoms with van der Waals surface area (Å²) in [6, 6.07) is 18.1. The molecule has 4 atom stereocenters. The zero-order valence-electron chi connectivity index (χ0n) is 21.7. The largest absolute Gasteiger partial charge is 0.455 e. The maximum absolute atomic E-state index is 13.2. The molecule has 0 amide bonds. The van der Waals surface area contributed by atoms with E-state index in [1.807, 2.05) is 36.4 Å². The topological polar surface area (TPSA) is 52.6 Å². The van der Waals surface area contributed by atoms with Crippen molar-refractivity contribution < 1.29 is 19.1 Å². The van der Waals surface area contributed by atoms with Crippen molar-refractivity contribution in [3.8, 4) is 0 Å². The summed E-state index contributed by atoms with van der Waals surface area (Å²) in [5, 5.41) is 0. The Hall–Kier alpha value is -2.62. The van der Waals surface area contributed by atoms with Gasteiger partial charge in [0.2, 0.25) is 0 Å². The fourth-order valence-corrected chi connectivity index (χ4v) is 5.76. The van der Waals surface area contributed by atoms with E-state index in [9.17, 15) is 9.59 Å². The molecule has 0 aliphatic heterocycles. The molecule has 2 aromatic rings. The fraction of sp³-hybridized carbons (Fsp3) is 0.533.